The molecule has 0 saturated heterocycles. The minimum Gasteiger partial charge on any atom is -0.497 e. The number of fused-ring (bicyclic) bond motifs is 3. The number of amides is 1. The van der Waals surface area contributed by atoms with E-state index < -0.39 is 4.92 Å². The number of carbonyl (C=O) groups is 1. The first kappa shape index (κ1) is 17.2. The number of hydrogen-bond acceptors (Lipinski definition) is 5. The SMILES string of the molecule is COc1ccc2c(c1)CC[C@@H]1C2=NN(C(C)=O)[C@@H]1c1cccc([N+](=O)[O-])c1. The first-order valence-electron chi connectivity index (χ1n) is 8.79. The van der Waals surface area contributed by atoms with Crippen LogP contribution in [0.15, 0.2) is 47.6 Å². The monoisotopic (exact) mass is 365 g/mol. The molecule has 0 radical (unpaired) electrons. The van der Waals surface area contributed by atoms with E-state index in [1.165, 1.54) is 18.0 Å². The van der Waals surface area contributed by atoms with Crippen molar-refractivity contribution in [3.8, 4) is 5.75 Å². The van der Waals surface area contributed by atoms with Crippen LogP contribution in [0.2, 0.25) is 0 Å². The normalized spacial score (nSPS) is 20.5. The van der Waals surface area contributed by atoms with Crippen LogP contribution in [-0.4, -0.2) is 28.7 Å². The lowest BCUT2D eigenvalue weighted by Gasteiger charge is -2.29. The molecule has 0 unspecified atom stereocenters. The van der Waals surface area contributed by atoms with Crippen molar-refractivity contribution in [3.05, 3.63) is 69.3 Å². The molecule has 27 heavy (non-hydrogen) atoms. The molecule has 4 rings (SSSR count). The summed E-state index contributed by atoms with van der Waals surface area (Å²) >= 11 is 0. The van der Waals surface area contributed by atoms with Gasteiger partial charge in [0.15, 0.2) is 0 Å². The highest BCUT2D eigenvalue weighted by Crippen LogP contribution is 2.44. The van der Waals surface area contributed by atoms with E-state index in [2.05, 4.69) is 5.10 Å². The van der Waals surface area contributed by atoms with Crippen LogP contribution >= 0.6 is 0 Å². The zero-order valence-electron chi connectivity index (χ0n) is 15.1. The van der Waals surface area contributed by atoms with Crippen molar-refractivity contribution in [1.82, 2.24) is 5.01 Å². The Hall–Kier alpha value is -3.22. The van der Waals surface area contributed by atoms with Crippen LogP contribution in [0.1, 0.15) is 36.1 Å². The van der Waals surface area contributed by atoms with Gasteiger partial charge in [0.05, 0.1) is 23.8 Å². The first-order valence-corrected chi connectivity index (χ1v) is 8.79. The summed E-state index contributed by atoms with van der Waals surface area (Å²) in [5.74, 6) is 0.629. The third-order valence-electron chi connectivity index (χ3n) is 5.27. The van der Waals surface area contributed by atoms with Gasteiger partial charge in [-0.05, 0) is 42.2 Å². The number of nitrogens with zero attached hydrogens (tertiary/aromatic N) is 3. The van der Waals surface area contributed by atoms with E-state index in [4.69, 9.17) is 4.74 Å². The van der Waals surface area contributed by atoms with Gasteiger partial charge in [-0.25, -0.2) is 5.01 Å². The second-order valence-electron chi connectivity index (χ2n) is 6.81. The van der Waals surface area contributed by atoms with Crippen molar-refractivity contribution in [2.75, 3.05) is 7.11 Å². The highest BCUT2D eigenvalue weighted by molar-refractivity contribution is 6.06. The molecule has 1 aliphatic carbocycles. The molecule has 0 spiro atoms. The molecule has 2 aromatic carbocycles. The van der Waals surface area contributed by atoms with Gasteiger partial charge in [-0.1, -0.05) is 12.1 Å². The largest absolute Gasteiger partial charge is 0.497 e. The molecule has 2 aromatic rings. The Morgan fingerprint density at radius 3 is 2.81 bits per heavy atom. The van der Waals surface area contributed by atoms with Crippen LogP contribution in [0, 0.1) is 16.0 Å². The Morgan fingerprint density at radius 1 is 1.30 bits per heavy atom. The average Bonchev–Trinajstić information content (AvgIpc) is 3.07. The minimum atomic E-state index is -0.416. The fourth-order valence-electron chi connectivity index (χ4n) is 4.05. The zero-order chi connectivity index (χ0) is 19.1. The highest BCUT2D eigenvalue weighted by atomic mass is 16.6. The van der Waals surface area contributed by atoms with E-state index in [1.54, 1.807) is 19.2 Å². The van der Waals surface area contributed by atoms with Crippen molar-refractivity contribution in [2.24, 2.45) is 11.0 Å². The summed E-state index contributed by atoms with van der Waals surface area (Å²) in [6, 6.07) is 12.0. The molecule has 0 aromatic heterocycles. The third-order valence-corrected chi connectivity index (χ3v) is 5.27. The number of methoxy groups -OCH3 is 1. The fraction of sp³-hybridized carbons (Fsp3) is 0.300. The Morgan fingerprint density at radius 2 is 2.11 bits per heavy atom. The summed E-state index contributed by atoms with van der Waals surface area (Å²) in [5.41, 5.74) is 3.79. The predicted molar refractivity (Wildman–Crippen MR) is 99.7 cm³/mol. The number of non-ortho nitro benzene ring substituents is 1. The van der Waals surface area contributed by atoms with E-state index in [1.807, 2.05) is 24.3 Å². The maximum Gasteiger partial charge on any atom is 0.269 e. The summed E-state index contributed by atoms with van der Waals surface area (Å²) in [6.07, 6.45) is 1.66. The summed E-state index contributed by atoms with van der Waals surface area (Å²) in [6.45, 7) is 1.47. The Labute approximate surface area is 156 Å². The topological polar surface area (TPSA) is 85.0 Å². The number of rotatable bonds is 3. The number of benzene rings is 2. The molecule has 7 heteroatoms. The molecule has 2 atom stereocenters. The number of hydrogen-bond donors (Lipinski definition) is 0. The van der Waals surface area contributed by atoms with Crippen molar-refractivity contribution >= 4 is 17.3 Å². The lowest BCUT2D eigenvalue weighted by Crippen LogP contribution is -2.31. The molecular weight excluding hydrogens is 346 g/mol. The molecule has 2 aliphatic rings. The zero-order valence-corrected chi connectivity index (χ0v) is 15.1. The molecule has 138 valence electrons. The minimum absolute atomic E-state index is 0.0109. The number of nitro groups is 1. The van der Waals surface area contributed by atoms with Gasteiger partial charge in [0, 0.05) is 30.5 Å². The van der Waals surface area contributed by atoms with Crippen molar-refractivity contribution < 1.29 is 14.5 Å². The van der Waals surface area contributed by atoms with Gasteiger partial charge >= 0.3 is 0 Å². The molecule has 0 saturated carbocycles. The number of hydrazone groups is 1. The smallest absolute Gasteiger partial charge is 0.269 e. The lowest BCUT2D eigenvalue weighted by molar-refractivity contribution is -0.385. The van der Waals surface area contributed by atoms with Gasteiger partial charge in [0.2, 0.25) is 5.91 Å². The Balaban J connectivity index is 1.78. The van der Waals surface area contributed by atoms with Crippen LogP contribution in [0.3, 0.4) is 0 Å². The van der Waals surface area contributed by atoms with Crippen LogP contribution in [0.4, 0.5) is 5.69 Å². The van der Waals surface area contributed by atoms with Gasteiger partial charge in [0.25, 0.3) is 5.69 Å². The maximum atomic E-state index is 12.3. The van der Waals surface area contributed by atoms with Crippen molar-refractivity contribution in [2.45, 2.75) is 25.8 Å². The van der Waals surface area contributed by atoms with E-state index in [9.17, 15) is 14.9 Å². The molecule has 1 aliphatic heterocycles. The van der Waals surface area contributed by atoms with E-state index >= 15 is 0 Å². The van der Waals surface area contributed by atoms with Crippen LogP contribution < -0.4 is 4.74 Å². The Bertz CT molecular complexity index is 969. The van der Waals surface area contributed by atoms with Gasteiger partial charge in [-0.2, -0.15) is 5.10 Å². The third kappa shape index (κ3) is 2.85. The van der Waals surface area contributed by atoms with E-state index in [0.717, 1.165) is 41.0 Å². The molecule has 7 nitrogen and oxygen atoms in total. The van der Waals surface area contributed by atoms with E-state index in [-0.39, 0.29) is 23.6 Å². The van der Waals surface area contributed by atoms with Gasteiger partial charge in [0.1, 0.15) is 5.75 Å². The van der Waals surface area contributed by atoms with Crippen LogP contribution in [-0.2, 0) is 11.2 Å². The maximum absolute atomic E-state index is 12.3. The first-order chi connectivity index (χ1) is 13.0. The quantitative estimate of drug-likeness (QED) is 0.616. The van der Waals surface area contributed by atoms with Gasteiger partial charge in [-0.15, -0.1) is 0 Å². The van der Waals surface area contributed by atoms with Crippen molar-refractivity contribution in [1.29, 1.82) is 0 Å². The number of ether oxygens (including phenoxy) is 1. The summed E-state index contributed by atoms with van der Waals surface area (Å²) < 4.78 is 5.31. The van der Waals surface area contributed by atoms with Gasteiger partial charge in [-0.3, -0.25) is 14.9 Å². The molecule has 0 N–H and O–H groups in total. The summed E-state index contributed by atoms with van der Waals surface area (Å²) in [4.78, 5) is 23.0. The molecule has 1 amide bonds. The number of aryl methyl sites for hydroxylation is 1. The van der Waals surface area contributed by atoms with Crippen molar-refractivity contribution in [3.63, 3.8) is 0 Å². The summed E-state index contributed by atoms with van der Waals surface area (Å²) in [7, 11) is 1.64. The number of carbonyl (C=O) groups excluding carboxylic acids is 1. The fourth-order valence-corrected chi connectivity index (χ4v) is 4.05. The van der Waals surface area contributed by atoms with E-state index in [0.29, 0.717) is 0 Å². The second-order valence-corrected chi connectivity index (χ2v) is 6.81. The average molecular weight is 365 g/mol. The molecule has 0 fully saturated rings. The number of nitro benzene ring substituents is 1. The van der Waals surface area contributed by atoms with Gasteiger partial charge < -0.3 is 4.74 Å². The van der Waals surface area contributed by atoms with Crippen LogP contribution in [0.25, 0.3) is 0 Å². The molecular formula is C20H19N3O4. The standard InChI is InChI=1S/C20H19N3O4/c1-12(24)22-20(14-4-3-5-15(10-14)23(25)26)18-8-6-13-11-16(27-2)7-9-17(13)19(18)21-22/h3-5,7,9-11,18,20H,6,8H2,1-2H3/t18-,20-/m1/s1. The molecule has 1 heterocycles. The second kappa shape index (κ2) is 6.50. The molecule has 0 bridgehead atoms. The summed E-state index contributed by atoms with van der Waals surface area (Å²) in [5, 5.41) is 17.3. The lowest BCUT2D eigenvalue weighted by atomic mass is 9.77. The highest BCUT2D eigenvalue weighted by Gasteiger charge is 2.43. The predicted octanol–water partition coefficient (Wildman–Crippen LogP) is 3.47. The van der Waals surface area contributed by atoms with Crippen LogP contribution in [0.5, 0.6) is 5.75 Å². The Kier molecular flexibility index (Phi) is 4.14.